The molecule has 0 saturated carbocycles. The quantitative estimate of drug-likeness (QED) is 0.669. The standard InChI is InChI=1S/C10H12N4O/c1-8-7-15-5-4-14(8)10-3-2-9(6-11)12-13-10/h2-3,8H,4-5,7H2,1H3. The van der Waals surface area contributed by atoms with E-state index in [0.29, 0.717) is 24.9 Å². The molecule has 1 saturated heterocycles. The lowest BCUT2D eigenvalue weighted by molar-refractivity contribution is 0.0984. The van der Waals surface area contributed by atoms with Gasteiger partial charge in [0.15, 0.2) is 11.5 Å². The van der Waals surface area contributed by atoms with Gasteiger partial charge in [0.25, 0.3) is 0 Å². The fraction of sp³-hybridized carbons (Fsp3) is 0.500. The molecule has 0 spiro atoms. The Labute approximate surface area is 88.3 Å². The van der Waals surface area contributed by atoms with Gasteiger partial charge in [-0.15, -0.1) is 10.2 Å². The summed E-state index contributed by atoms with van der Waals surface area (Å²) in [6.07, 6.45) is 0. The summed E-state index contributed by atoms with van der Waals surface area (Å²) in [4.78, 5) is 2.14. The topological polar surface area (TPSA) is 62.0 Å². The number of aromatic nitrogens is 2. The van der Waals surface area contributed by atoms with Gasteiger partial charge in [0.2, 0.25) is 0 Å². The van der Waals surface area contributed by atoms with Crippen molar-refractivity contribution in [3.8, 4) is 6.07 Å². The molecule has 1 aliphatic heterocycles. The number of nitriles is 1. The van der Waals surface area contributed by atoms with Gasteiger partial charge in [-0.1, -0.05) is 0 Å². The maximum absolute atomic E-state index is 8.60. The zero-order chi connectivity index (χ0) is 10.7. The first-order valence-electron chi connectivity index (χ1n) is 4.89. The molecular weight excluding hydrogens is 192 g/mol. The van der Waals surface area contributed by atoms with Gasteiger partial charge in [0.05, 0.1) is 19.3 Å². The molecule has 1 aromatic rings. The van der Waals surface area contributed by atoms with Crippen LogP contribution in [0, 0.1) is 11.3 Å². The van der Waals surface area contributed by atoms with Gasteiger partial charge in [0, 0.05) is 6.54 Å². The zero-order valence-electron chi connectivity index (χ0n) is 8.55. The van der Waals surface area contributed by atoms with Crippen molar-refractivity contribution in [3.05, 3.63) is 17.8 Å². The maximum Gasteiger partial charge on any atom is 0.163 e. The van der Waals surface area contributed by atoms with Crippen LogP contribution in [-0.2, 0) is 4.74 Å². The molecule has 0 aliphatic carbocycles. The Morgan fingerprint density at radius 3 is 3.00 bits per heavy atom. The van der Waals surface area contributed by atoms with Crippen LogP contribution in [0.3, 0.4) is 0 Å². The summed E-state index contributed by atoms with van der Waals surface area (Å²) in [7, 11) is 0. The van der Waals surface area contributed by atoms with Crippen molar-refractivity contribution in [1.29, 1.82) is 5.26 Å². The minimum Gasteiger partial charge on any atom is -0.377 e. The monoisotopic (exact) mass is 204 g/mol. The molecule has 1 fully saturated rings. The van der Waals surface area contributed by atoms with Crippen molar-refractivity contribution in [2.24, 2.45) is 0 Å². The normalized spacial score (nSPS) is 21.1. The second-order valence-corrected chi connectivity index (χ2v) is 3.51. The molecule has 2 heterocycles. The van der Waals surface area contributed by atoms with E-state index in [9.17, 15) is 0 Å². The summed E-state index contributed by atoms with van der Waals surface area (Å²) in [5, 5.41) is 16.4. The Balaban J connectivity index is 2.18. The van der Waals surface area contributed by atoms with Crippen molar-refractivity contribution < 1.29 is 4.74 Å². The molecule has 0 radical (unpaired) electrons. The highest BCUT2D eigenvalue weighted by atomic mass is 16.5. The minimum absolute atomic E-state index is 0.306. The molecule has 5 heteroatoms. The Morgan fingerprint density at radius 1 is 1.53 bits per heavy atom. The Hall–Kier alpha value is -1.67. The SMILES string of the molecule is CC1COCCN1c1ccc(C#N)nn1. The second kappa shape index (κ2) is 4.24. The maximum atomic E-state index is 8.60. The molecule has 5 nitrogen and oxygen atoms in total. The number of morpholine rings is 1. The first-order valence-corrected chi connectivity index (χ1v) is 4.89. The van der Waals surface area contributed by atoms with Crippen molar-refractivity contribution in [3.63, 3.8) is 0 Å². The summed E-state index contributed by atoms with van der Waals surface area (Å²) in [5.41, 5.74) is 0.347. The smallest absolute Gasteiger partial charge is 0.163 e. The van der Waals surface area contributed by atoms with Crippen LogP contribution in [0.25, 0.3) is 0 Å². The Bertz CT molecular complexity index is 370. The molecule has 1 unspecified atom stereocenters. The molecule has 2 rings (SSSR count). The van der Waals surface area contributed by atoms with E-state index in [-0.39, 0.29) is 0 Å². The molecule has 0 aromatic carbocycles. The van der Waals surface area contributed by atoms with Crippen LogP contribution in [0.5, 0.6) is 0 Å². The lowest BCUT2D eigenvalue weighted by atomic mass is 10.2. The fourth-order valence-electron chi connectivity index (χ4n) is 1.61. The van der Waals surface area contributed by atoms with E-state index >= 15 is 0 Å². The molecule has 0 bridgehead atoms. The average molecular weight is 204 g/mol. The van der Waals surface area contributed by atoms with Gasteiger partial charge in [-0.05, 0) is 19.1 Å². The van der Waals surface area contributed by atoms with E-state index in [1.165, 1.54) is 0 Å². The van der Waals surface area contributed by atoms with Gasteiger partial charge in [-0.3, -0.25) is 0 Å². The van der Waals surface area contributed by atoms with Gasteiger partial charge in [0.1, 0.15) is 6.07 Å². The van der Waals surface area contributed by atoms with Crippen LogP contribution < -0.4 is 4.90 Å². The molecule has 1 aromatic heterocycles. The van der Waals surface area contributed by atoms with E-state index in [0.717, 1.165) is 12.4 Å². The van der Waals surface area contributed by atoms with Crippen molar-refractivity contribution in [1.82, 2.24) is 10.2 Å². The Kier molecular flexibility index (Phi) is 2.79. The first-order chi connectivity index (χ1) is 7.31. The number of nitrogens with zero attached hydrogens (tertiary/aromatic N) is 4. The zero-order valence-corrected chi connectivity index (χ0v) is 8.55. The average Bonchev–Trinajstić information content (AvgIpc) is 2.30. The first kappa shape index (κ1) is 9.87. The lowest BCUT2D eigenvalue weighted by Gasteiger charge is -2.33. The third-order valence-electron chi connectivity index (χ3n) is 2.43. The van der Waals surface area contributed by atoms with Crippen LogP contribution in [0.15, 0.2) is 12.1 Å². The molecule has 1 aliphatic rings. The van der Waals surface area contributed by atoms with Crippen molar-refractivity contribution in [2.45, 2.75) is 13.0 Å². The summed E-state index contributed by atoms with van der Waals surface area (Å²) in [6.45, 7) is 4.33. The van der Waals surface area contributed by atoms with Gasteiger partial charge < -0.3 is 9.64 Å². The summed E-state index contributed by atoms with van der Waals surface area (Å²) >= 11 is 0. The van der Waals surface area contributed by atoms with E-state index in [4.69, 9.17) is 10.00 Å². The van der Waals surface area contributed by atoms with E-state index in [1.54, 1.807) is 6.07 Å². The number of ether oxygens (including phenoxy) is 1. The highest BCUT2D eigenvalue weighted by molar-refractivity contribution is 5.40. The second-order valence-electron chi connectivity index (χ2n) is 3.51. The molecule has 1 atom stereocenters. The predicted molar refractivity (Wildman–Crippen MR) is 54.4 cm³/mol. The molecular formula is C10H12N4O. The highest BCUT2D eigenvalue weighted by Gasteiger charge is 2.20. The summed E-state index contributed by atoms with van der Waals surface area (Å²) < 4.78 is 5.34. The van der Waals surface area contributed by atoms with Crippen LogP contribution in [0.2, 0.25) is 0 Å². The molecule has 15 heavy (non-hydrogen) atoms. The van der Waals surface area contributed by atoms with E-state index < -0.39 is 0 Å². The lowest BCUT2D eigenvalue weighted by Crippen LogP contribution is -2.44. The highest BCUT2D eigenvalue weighted by Crippen LogP contribution is 2.15. The van der Waals surface area contributed by atoms with Crippen LogP contribution in [-0.4, -0.2) is 36.0 Å². The largest absolute Gasteiger partial charge is 0.377 e. The van der Waals surface area contributed by atoms with Crippen molar-refractivity contribution in [2.75, 3.05) is 24.7 Å². The minimum atomic E-state index is 0.306. The molecule has 0 amide bonds. The third-order valence-corrected chi connectivity index (χ3v) is 2.43. The number of rotatable bonds is 1. The van der Waals surface area contributed by atoms with Crippen LogP contribution in [0.4, 0.5) is 5.82 Å². The third kappa shape index (κ3) is 2.05. The van der Waals surface area contributed by atoms with Crippen molar-refractivity contribution >= 4 is 5.82 Å². The predicted octanol–water partition coefficient (Wildman–Crippen LogP) is 0.573. The summed E-state index contributed by atoms with van der Waals surface area (Å²) in [6, 6.07) is 5.77. The summed E-state index contributed by atoms with van der Waals surface area (Å²) in [5.74, 6) is 0.810. The van der Waals surface area contributed by atoms with E-state index in [1.807, 2.05) is 12.1 Å². The fourth-order valence-corrected chi connectivity index (χ4v) is 1.61. The number of hydrogen-bond acceptors (Lipinski definition) is 5. The number of hydrogen-bond donors (Lipinski definition) is 0. The van der Waals surface area contributed by atoms with Gasteiger partial charge in [-0.25, -0.2) is 0 Å². The van der Waals surface area contributed by atoms with Crippen LogP contribution in [0.1, 0.15) is 12.6 Å². The van der Waals surface area contributed by atoms with Gasteiger partial charge >= 0.3 is 0 Å². The van der Waals surface area contributed by atoms with E-state index in [2.05, 4.69) is 22.0 Å². The number of anilines is 1. The molecule has 78 valence electrons. The van der Waals surface area contributed by atoms with Gasteiger partial charge in [-0.2, -0.15) is 5.26 Å². The van der Waals surface area contributed by atoms with Crippen LogP contribution >= 0.6 is 0 Å². The Morgan fingerprint density at radius 2 is 2.40 bits per heavy atom. The molecule has 0 N–H and O–H groups in total.